The Bertz CT molecular complexity index is 611. The molecule has 0 radical (unpaired) electrons. The number of benzene rings is 1. The molecule has 0 saturated carbocycles. The maximum atomic E-state index is 6.20. The number of hydrogen-bond acceptors (Lipinski definition) is 3. The molecule has 0 aliphatic rings. The van der Waals surface area contributed by atoms with E-state index in [0.717, 1.165) is 23.2 Å². The van der Waals surface area contributed by atoms with Crippen LogP contribution in [0.2, 0.25) is 10.2 Å². The van der Waals surface area contributed by atoms with Gasteiger partial charge in [-0.25, -0.2) is 0 Å². The molecule has 2 rings (SSSR count). The molecule has 4 nitrogen and oxygen atoms in total. The third-order valence-electron chi connectivity index (χ3n) is 3.09. The first-order valence-corrected chi connectivity index (χ1v) is 7.08. The van der Waals surface area contributed by atoms with E-state index in [0.29, 0.717) is 29.1 Å². The average molecular weight is 314 g/mol. The molecule has 6 heteroatoms. The Kier molecular flexibility index (Phi) is 4.91. The van der Waals surface area contributed by atoms with Crippen molar-refractivity contribution in [2.24, 2.45) is 12.8 Å². The Balaban J connectivity index is 2.22. The van der Waals surface area contributed by atoms with Crippen LogP contribution in [-0.2, 0) is 20.1 Å². The van der Waals surface area contributed by atoms with Crippen LogP contribution < -0.4 is 10.5 Å². The summed E-state index contributed by atoms with van der Waals surface area (Å²) in [6.45, 7) is 2.78. The molecule has 0 atom stereocenters. The Labute approximate surface area is 128 Å². The van der Waals surface area contributed by atoms with E-state index in [4.69, 9.17) is 33.7 Å². The van der Waals surface area contributed by atoms with Gasteiger partial charge in [0.25, 0.3) is 0 Å². The summed E-state index contributed by atoms with van der Waals surface area (Å²) in [5.41, 5.74) is 8.32. The van der Waals surface area contributed by atoms with E-state index < -0.39 is 0 Å². The quantitative estimate of drug-likeness (QED) is 0.922. The lowest BCUT2D eigenvalue weighted by Gasteiger charge is -2.12. The second-order valence-electron chi connectivity index (χ2n) is 4.53. The average Bonchev–Trinajstić information content (AvgIpc) is 2.64. The highest BCUT2D eigenvalue weighted by molar-refractivity contribution is 6.32. The van der Waals surface area contributed by atoms with Crippen LogP contribution in [0.5, 0.6) is 5.75 Å². The highest BCUT2D eigenvalue weighted by Crippen LogP contribution is 2.30. The van der Waals surface area contributed by atoms with Gasteiger partial charge in [0.05, 0.1) is 10.7 Å². The lowest BCUT2D eigenvalue weighted by Crippen LogP contribution is -2.06. The molecule has 0 unspecified atom stereocenters. The maximum absolute atomic E-state index is 6.20. The molecule has 1 aromatic heterocycles. The molecule has 0 bridgehead atoms. The second kappa shape index (κ2) is 6.48. The Hall–Kier alpha value is -1.23. The van der Waals surface area contributed by atoms with Crippen molar-refractivity contribution in [3.8, 4) is 5.75 Å². The van der Waals surface area contributed by atoms with Crippen molar-refractivity contribution >= 4 is 23.2 Å². The minimum absolute atomic E-state index is 0.333. The van der Waals surface area contributed by atoms with E-state index in [1.54, 1.807) is 17.8 Å². The summed E-state index contributed by atoms with van der Waals surface area (Å²) in [6, 6.07) is 5.66. The van der Waals surface area contributed by atoms with Crippen molar-refractivity contribution in [2.75, 3.05) is 6.54 Å². The molecule has 0 spiro atoms. The lowest BCUT2D eigenvalue weighted by atomic mass is 10.1. The van der Waals surface area contributed by atoms with Gasteiger partial charge in [-0.05, 0) is 31.5 Å². The van der Waals surface area contributed by atoms with Crippen LogP contribution in [0.15, 0.2) is 18.2 Å². The predicted octanol–water partition coefficient (Wildman–Crippen LogP) is 3.12. The van der Waals surface area contributed by atoms with Gasteiger partial charge in [0.2, 0.25) is 0 Å². The first-order chi connectivity index (χ1) is 9.54. The van der Waals surface area contributed by atoms with Crippen LogP contribution in [0.25, 0.3) is 0 Å². The minimum Gasteiger partial charge on any atom is -0.487 e. The Morgan fingerprint density at radius 3 is 2.70 bits per heavy atom. The topological polar surface area (TPSA) is 53.1 Å². The first-order valence-electron chi connectivity index (χ1n) is 6.32. The summed E-state index contributed by atoms with van der Waals surface area (Å²) >= 11 is 12.4. The standard InChI is InChI=1S/C14H17Cl2N3O/c1-9-11(14(16)19(2)18-9)8-20-13-10(6-7-17)4-3-5-12(13)15/h3-5H,6-8,17H2,1-2H3. The molecule has 2 aromatic rings. The highest BCUT2D eigenvalue weighted by Gasteiger charge is 2.14. The molecule has 1 aromatic carbocycles. The van der Waals surface area contributed by atoms with E-state index in [-0.39, 0.29) is 0 Å². The number of ether oxygens (including phenoxy) is 1. The fraction of sp³-hybridized carbons (Fsp3) is 0.357. The normalized spacial score (nSPS) is 10.8. The molecule has 2 N–H and O–H groups in total. The van der Waals surface area contributed by atoms with Crippen molar-refractivity contribution in [1.29, 1.82) is 0 Å². The number of halogens is 2. The number of aromatic nitrogens is 2. The van der Waals surface area contributed by atoms with E-state index in [1.165, 1.54) is 0 Å². The molecular weight excluding hydrogens is 297 g/mol. The van der Waals surface area contributed by atoms with Crippen molar-refractivity contribution in [1.82, 2.24) is 9.78 Å². The Morgan fingerprint density at radius 1 is 1.35 bits per heavy atom. The van der Waals surface area contributed by atoms with Crippen molar-refractivity contribution in [3.63, 3.8) is 0 Å². The number of para-hydroxylation sites is 1. The SMILES string of the molecule is Cc1nn(C)c(Cl)c1COc1c(Cl)cccc1CCN. The van der Waals surface area contributed by atoms with E-state index >= 15 is 0 Å². The summed E-state index contributed by atoms with van der Waals surface area (Å²) in [5.74, 6) is 0.666. The number of rotatable bonds is 5. The number of aryl methyl sites for hydroxylation is 2. The zero-order valence-electron chi connectivity index (χ0n) is 11.5. The largest absolute Gasteiger partial charge is 0.487 e. The van der Waals surface area contributed by atoms with E-state index in [1.807, 2.05) is 19.1 Å². The molecule has 0 aliphatic heterocycles. The third-order valence-corrected chi connectivity index (χ3v) is 3.86. The van der Waals surface area contributed by atoms with Crippen molar-refractivity contribution in [3.05, 3.63) is 45.2 Å². The number of hydrogen-bond donors (Lipinski definition) is 1. The molecule has 20 heavy (non-hydrogen) atoms. The monoisotopic (exact) mass is 313 g/mol. The molecule has 1 heterocycles. The summed E-state index contributed by atoms with van der Waals surface area (Å²) in [5, 5.41) is 5.41. The van der Waals surface area contributed by atoms with Gasteiger partial charge < -0.3 is 10.5 Å². The summed E-state index contributed by atoms with van der Waals surface area (Å²) in [4.78, 5) is 0. The zero-order valence-corrected chi connectivity index (χ0v) is 13.0. The first kappa shape index (κ1) is 15.2. The fourth-order valence-corrected chi connectivity index (χ4v) is 2.53. The van der Waals surface area contributed by atoms with Gasteiger partial charge in [-0.3, -0.25) is 4.68 Å². The van der Waals surface area contributed by atoms with E-state index in [2.05, 4.69) is 5.10 Å². The van der Waals surface area contributed by atoms with Crippen LogP contribution in [0, 0.1) is 6.92 Å². The van der Waals surface area contributed by atoms with Crippen LogP contribution >= 0.6 is 23.2 Å². The second-order valence-corrected chi connectivity index (χ2v) is 5.30. The van der Waals surface area contributed by atoms with Gasteiger partial charge in [0.1, 0.15) is 17.5 Å². The molecular formula is C14H17Cl2N3O. The summed E-state index contributed by atoms with van der Waals surface area (Å²) in [6.07, 6.45) is 0.718. The molecule has 0 amide bonds. The number of nitrogens with zero attached hydrogens (tertiary/aromatic N) is 2. The van der Waals surface area contributed by atoms with Crippen LogP contribution in [0.4, 0.5) is 0 Å². The Morgan fingerprint density at radius 2 is 2.10 bits per heavy atom. The van der Waals surface area contributed by atoms with Crippen LogP contribution in [0.1, 0.15) is 16.8 Å². The van der Waals surface area contributed by atoms with Gasteiger partial charge >= 0.3 is 0 Å². The van der Waals surface area contributed by atoms with Gasteiger partial charge in [-0.15, -0.1) is 0 Å². The molecule has 0 fully saturated rings. The van der Waals surface area contributed by atoms with E-state index in [9.17, 15) is 0 Å². The lowest BCUT2D eigenvalue weighted by molar-refractivity contribution is 0.302. The molecule has 0 saturated heterocycles. The predicted molar refractivity (Wildman–Crippen MR) is 81.5 cm³/mol. The van der Waals surface area contributed by atoms with Crippen LogP contribution in [0.3, 0.4) is 0 Å². The maximum Gasteiger partial charge on any atom is 0.141 e. The summed E-state index contributed by atoms with van der Waals surface area (Å²) < 4.78 is 7.48. The molecule has 108 valence electrons. The zero-order chi connectivity index (χ0) is 14.7. The number of nitrogens with two attached hydrogens (primary N) is 1. The van der Waals surface area contributed by atoms with Gasteiger partial charge in [-0.1, -0.05) is 35.3 Å². The van der Waals surface area contributed by atoms with Crippen molar-refractivity contribution in [2.45, 2.75) is 20.0 Å². The fourth-order valence-electron chi connectivity index (χ4n) is 2.05. The van der Waals surface area contributed by atoms with Gasteiger partial charge in [0, 0.05) is 12.6 Å². The van der Waals surface area contributed by atoms with Crippen LogP contribution in [-0.4, -0.2) is 16.3 Å². The highest BCUT2D eigenvalue weighted by atomic mass is 35.5. The van der Waals surface area contributed by atoms with Gasteiger partial charge in [-0.2, -0.15) is 5.10 Å². The molecule has 0 aliphatic carbocycles. The van der Waals surface area contributed by atoms with Crippen molar-refractivity contribution < 1.29 is 4.74 Å². The third kappa shape index (κ3) is 3.08. The minimum atomic E-state index is 0.333. The smallest absolute Gasteiger partial charge is 0.141 e. The van der Waals surface area contributed by atoms with Gasteiger partial charge in [0.15, 0.2) is 0 Å². The summed E-state index contributed by atoms with van der Waals surface area (Å²) in [7, 11) is 1.80.